The summed E-state index contributed by atoms with van der Waals surface area (Å²) in [6.45, 7) is 14.2. The minimum atomic E-state index is -0.254. The third-order valence-corrected chi connectivity index (χ3v) is 7.46. The summed E-state index contributed by atoms with van der Waals surface area (Å²) >= 11 is 5.85. The molecule has 3 aromatic rings. The molecule has 0 radical (unpaired) electrons. The molecule has 248 valence electrons. The topological polar surface area (TPSA) is 137 Å². The van der Waals surface area contributed by atoms with Crippen molar-refractivity contribution in [2.24, 2.45) is 11.8 Å². The highest BCUT2D eigenvalue weighted by Crippen LogP contribution is 2.28. The Hall–Kier alpha value is -4.39. The number of carbonyl (C=O) groups is 2. The van der Waals surface area contributed by atoms with Crippen molar-refractivity contribution in [2.45, 2.75) is 27.7 Å². The number of halogens is 1. The van der Waals surface area contributed by atoms with E-state index < -0.39 is 0 Å². The van der Waals surface area contributed by atoms with Gasteiger partial charge in [0.2, 0.25) is 0 Å². The van der Waals surface area contributed by atoms with Crippen LogP contribution in [0.5, 0.6) is 5.75 Å². The van der Waals surface area contributed by atoms with Gasteiger partial charge in [-0.15, -0.1) is 0 Å². The maximum atomic E-state index is 12.1. The minimum absolute atomic E-state index is 0.190. The van der Waals surface area contributed by atoms with Crippen molar-refractivity contribution in [2.75, 3.05) is 75.4 Å². The second kappa shape index (κ2) is 16.8. The van der Waals surface area contributed by atoms with Gasteiger partial charge in [-0.05, 0) is 24.0 Å². The number of rotatable bonds is 7. The molecule has 0 aliphatic carbocycles. The van der Waals surface area contributed by atoms with Gasteiger partial charge in [-0.3, -0.25) is 0 Å². The van der Waals surface area contributed by atoms with Gasteiger partial charge in [0, 0.05) is 70.1 Å². The van der Waals surface area contributed by atoms with Gasteiger partial charge >= 0.3 is 12.2 Å². The maximum absolute atomic E-state index is 12.1. The number of piperazine rings is 2. The number of benzene rings is 1. The van der Waals surface area contributed by atoms with E-state index in [2.05, 4.69) is 29.7 Å². The predicted octanol–water partition coefficient (Wildman–Crippen LogP) is 4.81. The summed E-state index contributed by atoms with van der Waals surface area (Å²) in [5, 5.41) is 10.4. The zero-order valence-corrected chi connectivity index (χ0v) is 27.6. The number of para-hydroxylation sites is 1. The summed E-state index contributed by atoms with van der Waals surface area (Å²) in [5.41, 5.74) is 1.35. The summed E-state index contributed by atoms with van der Waals surface area (Å²) in [7, 11) is 0. The van der Waals surface area contributed by atoms with Crippen molar-refractivity contribution < 1.29 is 24.2 Å². The predicted molar refractivity (Wildman–Crippen MR) is 176 cm³/mol. The zero-order valence-electron chi connectivity index (χ0n) is 26.9. The number of carbonyl (C=O) groups excluding carboxylic acids is 2. The van der Waals surface area contributed by atoms with Crippen LogP contribution < -0.4 is 9.80 Å². The largest absolute Gasteiger partial charge is 0.507 e. The van der Waals surface area contributed by atoms with Crippen molar-refractivity contribution in [3.05, 3.63) is 54.2 Å². The molecule has 2 saturated heterocycles. The van der Waals surface area contributed by atoms with Crippen LogP contribution >= 0.6 is 11.6 Å². The minimum Gasteiger partial charge on any atom is -0.507 e. The summed E-state index contributed by atoms with van der Waals surface area (Å²) in [6.07, 6.45) is 2.46. The second-order valence-corrected chi connectivity index (χ2v) is 12.3. The second-order valence-electron chi connectivity index (χ2n) is 11.9. The lowest BCUT2D eigenvalue weighted by Gasteiger charge is -2.34. The van der Waals surface area contributed by atoms with Gasteiger partial charge in [-0.25, -0.2) is 29.5 Å². The first-order valence-electron chi connectivity index (χ1n) is 15.5. The van der Waals surface area contributed by atoms with Crippen LogP contribution in [0, 0.1) is 11.8 Å². The molecule has 2 aliphatic rings. The highest BCUT2D eigenvalue weighted by molar-refractivity contribution is 6.29. The molecule has 2 aliphatic heterocycles. The lowest BCUT2D eigenvalue weighted by atomic mass is 10.1. The number of phenolic OH excluding ortho intramolecular Hbond substituents is 1. The van der Waals surface area contributed by atoms with E-state index in [0.29, 0.717) is 93.8 Å². The zero-order chi connectivity index (χ0) is 33.1. The van der Waals surface area contributed by atoms with E-state index in [4.69, 9.17) is 21.1 Å². The van der Waals surface area contributed by atoms with Crippen LogP contribution in [0.1, 0.15) is 27.7 Å². The number of phenols is 1. The molecule has 0 bridgehead atoms. The number of hydrogen-bond acceptors (Lipinski definition) is 11. The van der Waals surface area contributed by atoms with Crippen LogP contribution in [0.4, 0.5) is 21.2 Å². The average Bonchev–Trinajstić information content (AvgIpc) is 3.07. The molecule has 0 spiro atoms. The van der Waals surface area contributed by atoms with Gasteiger partial charge in [0.15, 0.2) is 0 Å². The van der Waals surface area contributed by atoms with E-state index in [1.54, 1.807) is 28.0 Å². The molecule has 2 aromatic heterocycles. The highest BCUT2D eigenvalue weighted by atomic mass is 35.5. The molecular weight excluding hydrogens is 612 g/mol. The first-order chi connectivity index (χ1) is 22.1. The number of amides is 2. The van der Waals surface area contributed by atoms with Gasteiger partial charge in [0.25, 0.3) is 0 Å². The first kappa shape index (κ1) is 34.5. The fourth-order valence-corrected chi connectivity index (χ4v) is 4.89. The van der Waals surface area contributed by atoms with Crippen LogP contribution in [0.15, 0.2) is 49.1 Å². The number of aromatic hydroxyl groups is 1. The quantitative estimate of drug-likeness (QED) is 0.351. The third-order valence-electron chi connectivity index (χ3n) is 7.26. The van der Waals surface area contributed by atoms with Crippen molar-refractivity contribution in [1.82, 2.24) is 29.7 Å². The van der Waals surface area contributed by atoms with E-state index in [1.165, 1.54) is 12.7 Å². The van der Waals surface area contributed by atoms with Gasteiger partial charge in [-0.2, -0.15) is 0 Å². The Labute approximate surface area is 275 Å². The molecule has 2 amide bonds. The molecule has 2 fully saturated rings. The van der Waals surface area contributed by atoms with Gasteiger partial charge in [-0.1, -0.05) is 51.4 Å². The molecule has 1 N–H and O–H groups in total. The lowest BCUT2D eigenvalue weighted by Crippen LogP contribution is -2.49. The Balaban J connectivity index is 0.000000216. The number of ether oxygens (including phenoxy) is 2. The Kier molecular flexibility index (Phi) is 12.6. The van der Waals surface area contributed by atoms with Crippen LogP contribution in [0.2, 0.25) is 5.15 Å². The average molecular weight is 655 g/mol. The van der Waals surface area contributed by atoms with Crippen molar-refractivity contribution in [3.63, 3.8) is 0 Å². The fraction of sp³-hybridized carbons (Fsp3) is 0.500. The summed E-state index contributed by atoms with van der Waals surface area (Å²) in [6, 6.07) is 10.7. The molecule has 14 heteroatoms. The molecule has 5 rings (SSSR count). The number of nitrogens with zero attached hydrogens (tertiary/aromatic N) is 8. The summed E-state index contributed by atoms with van der Waals surface area (Å²) in [4.78, 5) is 48.2. The van der Waals surface area contributed by atoms with E-state index in [0.717, 1.165) is 11.6 Å². The smallest absolute Gasteiger partial charge is 0.409 e. The standard InChI is InChI=1S/C19H24N4O3.C13H19ClN4O2/c1-14(2)12-26-19(25)23-9-7-22(8-10-23)18-11-16(20-13-21-18)15-5-3-4-6-17(15)24;1-10(2)8-20-13(19)18-5-3-17(4-6-18)12-7-11(14)15-9-16-12/h3-6,11,13-14,24H,7-10,12H2,1-2H3;7,9-10H,3-6,8H2,1-2H3. The third kappa shape index (κ3) is 10.1. The number of aromatic nitrogens is 4. The molecule has 13 nitrogen and oxygen atoms in total. The van der Waals surface area contributed by atoms with Crippen molar-refractivity contribution in [1.29, 1.82) is 0 Å². The molecule has 1 aromatic carbocycles. The SMILES string of the molecule is CC(C)COC(=O)N1CCN(c2cc(-c3ccccc3O)ncn2)CC1.CC(C)COC(=O)N1CCN(c2cc(Cl)ncn2)CC1. The highest BCUT2D eigenvalue weighted by Gasteiger charge is 2.24. The summed E-state index contributed by atoms with van der Waals surface area (Å²) < 4.78 is 10.5. The van der Waals surface area contributed by atoms with Crippen molar-refractivity contribution in [3.8, 4) is 17.0 Å². The van der Waals surface area contributed by atoms with E-state index in [1.807, 2.05) is 45.9 Å². The van der Waals surface area contributed by atoms with Gasteiger partial charge in [0.1, 0.15) is 35.2 Å². The first-order valence-corrected chi connectivity index (χ1v) is 15.9. The van der Waals surface area contributed by atoms with Crippen molar-refractivity contribution >= 4 is 35.4 Å². The van der Waals surface area contributed by atoms with Gasteiger partial charge in [0.05, 0.1) is 18.9 Å². The van der Waals surface area contributed by atoms with E-state index in [9.17, 15) is 14.7 Å². The summed E-state index contributed by atoms with van der Waals surface area (Å²) in [5.74, 6) is 2.45. The molecular formula is C32H43ClN8O5. The normalized spacial score (nSPS) is 15.0. The number of anilines is 2. The maximum Gasteiger partial charge on any atom is 0.409 e. The van der Waals surface area contributed by atoms with Gasteiger partial charge < -0.3 is 34.2 Å². The Morgan fingerprint density at radius 2 is 1.22 bits per heavy atom. The Morgan fingerprint density at radius 1 is 0.739 bits per heavy atom. The fourth-order valence-electron chi connectivity index (χ4n) is 4.75. The number of hydrogen-bond donors (Lipinski definition) is 1. The lowest BCUT2D eigenvalue weighted by molar-refractivity contribution is 0.0895. The van der Waals surface area contributed by atoms with Crippen LogP contribution in [-0.4, -0.2) is 113 Å². The molecule has 46 heavy (non-hydrogen) atoms. The Morgan fingerprint density at radius 3 is 1.70 bits per heavy atom. The van der Waals surface area contributed by atoms with Crippen LogP contribution in [-0.2, 0) is 9.47 Å². The Bertz CT molecular complexity index is 1430. The monoisotopic (exact) mass is 654 g/mol. The van der Waals surface area contributed by atoms with Crippen LogP contribution in [0.25, 0.3) is 11.3 Å². The van der Waals surface area contributed by atoms with E-state index in [-0.39, 0.29) is 17.9 Å². The van der Waals surface area contributed by atoms with E-state index >= 15 is 0 Å². The molecule has 0 atom stereocenters. The molecule has 0 unspecified atom stereocenters. The molecule has 0 saturated carbocycles. The molecule has 4 heterocycles. The van der Waals surface area contributed by atoms with Crippen LogP contribution in [0.3, 0.4) is 0 Å².